The van der Waals surface area contributed by atoms with Gasteiger partial charge in [0, 0.05) is 13.0 Å². The molecule has 0 spiro atoms. The largest absolute Gasteiger partial charge is 0.496 e. The van der Waals surface area contributed by atoms with Gasteiger partial charge in [0.05, 0.1) is 30.4 Å². The van der Waals surface area contributed by atoms with E-state index >= 15 is 0 Å². The number of methoxy groups -OCH3 is 1. The number of aromatic nitrogens is 2. The Bertz CT molecular complexity index is 958. The van der Waals surface area contributed by atoms with Crippen LogP contribution in [0.15, 0.2) is 48.8 Å². The maximum atomic E-state index is 12.4. The minimum absolute atomic E-state index is 0.209. The molecule has 3 rings (SSSR count). The molecule has 0 aliphatic rings. The van der Waals surface area contributed by atoms with E-state index in [0.29, 0.717) is 6.54 Å². The van der Waals surface area contributed by atoms with Gasteiger partial charge in [0.1, 0.15) is 5.75 Å². The molecule has 1 unspecified atom stereocenters. The van der Waals surface area contributed by atoms with Crippen LogP contribution in [0.1, 0.15) is 17.5 Å². The van der Waals surface area contributed by atoms with Crippen molar-refractivity contribution in [3.05, 3.63) is 59.9 Å². The van der Waals surface area contributed by atoms with Gasteiger partial charge in [-0.2, -0.15) is 0 Å². The molecule has 3 aromatic rings. The summed E-state index contributed by atoms with van der Waals surface area (Å²) < 4.78 is 7.21. The minimum Gasteiger partial charge on any atom is -0.496 e. The average molecular weight is 381 g/mol. The molecule has 1 atom stereocenters. The highest BCUT2D eigenvalue weighted by molar-refractivity contribution is 6.43. The van der Waals surface area contributed by atoms with Crippen molar-refractivity contribution < 1.29 is 19.6 Å². The van der Waals surface area contributed by atoms with Gasteiger partial charge in [-0.15, -0.1) is 0 Å². The summed E-state index contributed by atoms with van der Waals surface area (Å²) in [6, 6.07) is 13.3. The predicted molar refractivity (Wildman–Crippen MR) is 108 cm³/mol. The Hall–Kier alpha value is -2.84. The molecule has 0 bridgehead atoms. The van der Waals surface area contributed by atoms with Gasteiger partial charge in [-0.25, -0.2) is 4.98 Å². The topological polar surface area (TPSA) is 96.6 Å². The first-order valence-electron chi connectivity index (χ1n) is 9.17. The average Bonchev–Trinajstić information content (AvgIpc) is 3.10. The van der Waals surface area contributed by atoms with Crippen molar-refractivity contribution in [2.24, 2.45) is 0 Å². The highest BCUT2D eigenvalue weighted by atomic mass is 16.5. The molecule has 0 saturated carbocycles. The van der Waals surface area contributed by atoms with E-state index in [1.54, 1.807) is 13.4 Å². The minimum atomic E-state index is -1.66. The molecular weight excluding hydrogens is 357 g/mol. The number of benzene rings is 2. The molecule has 7 nitrogen and oxygen atoms in total. The molecule has 1 amide bonds. The summed E-state index contributed by atoms with van der Waals surface area (Å²) in [5, 5.41) is 22.1. The van der Waals surface area contributed by atoms with Gasteiger partial charge in [0.25, 0.3) is 0 Å². The fourth-order valence-corrected chi connectivity index (χ4v) is 3.17. The van der Waals surface area contributed by atoms with Gasteiger partial charge < -0.3 is 24.7 Å². The number of para-hydroxylation sites is 2. The summed E-state index contributed by atoms with van der Waals surface area (Å²) >= 11 is 0. The Labute approximate surface area is 164 Å². The molecule has 28 heavy (non-hydrogen) atoms. The molecule has 0 saturated heterocycles. The lowest BCUT2D eigenvalue weighted by molar-refractivity contribution is -0.121. The molecule has 0 radical (unpaired) electrons. The third-order valence-corrected chi connectivity index (χ3v) is 4.74. The lowest BCUT2D eigenvalue weighted by Gasteiger charge is -2.19. The fourth-order valence-electron chi connectivity index (χ4n) is 3.17. The number of imidazole rings is 1. The lowest BCUT2D eigenvalue weighted by atomic mass is 9.75. The second kappa shape index (κ2) is 8.90. The summed E-state index contributed by atoms with van der Waals surface area (Å²) in [5.41, 5.74) is 3.67. The zero-order chi connectivity index (χ0) is 20.1. The summed E-state index contributed by atoms with van der Waals surface area (Å²) in [6.07, 6.45) is 2.20. The number of rotatable bonds is 8. The second-order valence-electron chi connectivity index (χ2n) is 6.77. The van der Waals surface area contributed by atoms with Crippen molar-refractivity contribution in [3.8, 4) is 5.75 Å². The smallest absolute Gasteiger partial charge is 0.475 e. The Balaban J connectivity index is 1.61. The van der Waals surface area contributed by atoms with Gasteiger partial charge in [0.2, 0.25) is 5.91 Å². The first kappa shape index (κ1) is 19.9. The Morgan fingerprint density at radius 2 is 2.07 bits per heavy atom. The standard InChI is InChI=1S/C20H24BN3O4/c1-14-7-8-15(11-18(14)28-2)12-19(21(26)27)23-20(25)9-10-24-13-22-16-5-3-4-6-17(16)24/h3-8,11,13,19,26-27H,9-10,12H2,1-2H3,(H,23,25). The number of hydrogen-bond acceptors (Lipinski definition) is 5. The molecule has 0 aliphatic heterocycles. The van der Waals surface area contributed by atoms with Gasteiger partial charge in [-0.05, 0) is 42.7 Å². The molecule has 1 heterocycles. The van der Waals surface area contributed by atoms with E-state index in [1.165, 1.54) is 0 Å². The normalized spacial score (nSPS) is 12.0. The third-order valence-electron chi connectivity index (χ3n) is 4.74. The van der Waals surface area contributed by atoms with Crippen LogP contribution in [0.4, 0.5) is 0 Å². The number of carbonyl (C=O) groups excluding carboxylic acids is 1. The van der Waals surface area contributed by atoms with Crippen molar-refractivity contribution in [1.29, 1.82) is 0 Å². The van der Waals surface area contributed by atoms with E-state index in [2.05, 4.69) is 10.3 Å². The number of ether oxygens (including phenoxy) is 1. The number of nitrogens with zero attached hydrogens (tertiary/aromatic N) is 2. The highest BCUT2D eigenvalue weighted by Gasteiger charge is 2.25. The number of aryl methyl sites for hydroxylation is 2. The number of nitrogens with one attached hydrogen (secondary N) is 1. The van der Waals surface area contributed by atoms with E-state index in [9.17, 15) is 14.8 Å². The summed E-state index contributed by atoms with van der Waals surface area (Å²) in [5.74, 6) is -0.337. The first-order valence-corrected chi connectivity index (χ1v) is 9.17. The van der Waals surface area contributed by atoms with E-state index in [-0.39, 0.29) is 18.7 Å². The van der Waals surface area contributed by atoms with Crippen LogP contribution in [0.25, 0.3) is 11.0 Å². The van der Waals surface area contributed by atoms with Crippen LogP contribution < -0.4 is 10.1 Å². The van der Waals surface area contributed by atoms with Crippen molar-refractivity contribution in [2.75, 3.05) is 7.11 Å². The summed E-state index contributed by atoms with van der Waals surface area (Å²) in [7, 11) is -0.0724. The van der Waals surface area contributed by atoms with Crippen LogP contribution in [-0.2, 0) is 17.8 Å². The molecule has 0 aliphatic carbocycles. The first-order chi connectivity index (χ1) is 13.5. The highest BCUT2D eigenvalue weighted by Crippen LogP contribution is 2.20. The fraction of sp³-hybridized carbons (Fsp3) is 0.300. The van der Waals surface area contributed by atoms with E-state index < -0.39 is 13.1 Å². The van der Waals surface area contributed by atoms with Crippen LogP contribution in [0.3, 0.4) is 0 Å². The Kier molecular flexibility index (Phi) is 6.33. The van der Waals surface area contributed by atoms with E-state index in [4.69, 9.17) is 4.74 Å². The maximum absolute atomic E-state index is 12.4. The van der Waals surface area contributed by atoms with Crippen LogP contribution in [0.2, 0.25) is 0 Å². The lowest BCUT2D eigenvalue weighted by Crippen LogP contribution is -2.48. The number of amides is 1. The number of fused-ring (bicyclic) bond motifs is 1. The molecular formula is C20H24BN3O4. The van der Waals surface area contributed by atoms with Crippen molar-refractivity contribution >= 4 is 24.1 Å². The predicted octanol–water partition coefficient (Wildman–Crippen LogP) is 1.48. The molecule has 1 aromatic heterocycles. The second-order valence-corrected chi connectivity index (χ2v) is 6.77. The maximum Gasteiger partial charge on any atom is 0.475 e. The molecule has 0 fully saturated rings. The van der Waals surface area contributed by atoms with Crippen molar-refractivity contribution in [1.82, 2.24) is 14.9 Å². The Morgan fingerprint density at radius 1 is 1.29 bits per heavy atom. The summed E-state index contributed by atoms with van der Waals surface area (Å²) in [6.45, 7) is 2.39. The quantitative estimate of drug-likeness (QED) is 0.514. The molecule has 8 heteroatoms. The number of carbonyl (C=O) groups is 1. The number of hydrogen-bond donors (Lipinski definition) is 3. The monoisotopic (exact) mass is 381 g/mol. The van der Waals surface area contributed by atoms with Crippen molar-refractivity contribution in [3.63, 3.8) is 0 Å². The van der Waals surface area contributed by atoms with E-state index in [0.717, 1.165) is 27.9 Å². The zero-order valence-corrected chi connectivity index (χ0v) is 16.0. The van der Waals surface area contributed by atoms with Gasteiger partial charge >= 0.3 is 7.12 Å². The van der Waals surface area contributed by atoms with Gasteiger partial charge in [-0.3, -0.25) is 4.79 Å². The van der Waals surface area contributed by atoms with Crippen LogP contribution in [0, 0.1) is 6.92 Å². The van der Waals surface area contributed by atoms with E-state index in [1.807, 2.05) is 54.0 Å². The molecule has 146 valence electrons. The molecule has 3 N–H and O–H groups in total. The third kappa shape index (κ3) is 4.71. The van der Waals surface area contributed by atoms with Crippen LogP contribution in [-0.4, -0.2) is 45.7 Å². The van der Waals surface area contributed by atoms with Crippen LogP contribution in [0.5, 0.6) is 5.75 Å². The van der Waals surface area contributed by atoms with Crippen molar-refractivity contribution in [2.45, 2.75) is 32.3 Å². The SMILES string of the molecule is COc1cc(CC(NC(=O)CCn2cnc3ccccc32)B(O)O)ccc1C. The summed E-state index contributed by atoms with van der Waals surface area (Å²) in [4.78, 5) is 16.7. The van der Waals surface area contributed by atoms with Gasteiger partial charge in [0.15, 0.2) is 0 Å². The Morgan fingerprint density at radius 3 is 2.82 bits per heavy atom. The molecule has 2 aromatic carbocycles. The zero-order valence-electron chi connectivity index (χ0n) is 16.0. The van der Waals surface area contributed by atoms with Crippen LogP contribution >= 0.6 is 0 Å². The van der Waals surface area contributed by atoms with Gasteiger partial charge in [-0.1, -0.05) is 24.3 Å².